The van der Waals surface area contributed by atoms with E-state index in [1.165, 1.54) is 12.1 Å². The SMILES string of the molecule is O=C(CCl)Nc1ccn(Cc2cccc(F)c2)n1. The highest BCUT2D eigenvalue weighted by molar-refractivity contribution is 6.28. The van der Waals surface area contributed by atoms with Crippen LogP contribution in [0.2, 0.25) is 0 Å². The lowest BCUT2D eigenvalue weighted by Crippen LogP contribution is -2.13. The van der Waals surface area contributed by atoms with Crippen molar-refractivity contribution in [1.29, 1.82) is 0 Å². The minimum absolute atomic E-state index is 0.114. The molecule has 2 rings (SSSR count). The number of alkyl halides is 1. The Morgan fingerprint density at radius 3 is 3.00 bits per heavy atom. The topological polar surface area (TPSA) is 46.9 Å². The molecule has 0 radical (unpaired) electrons. The minimum Gasteiger partial charge on any atom is -0.308 e. The van der Waals surface area contributed by atoms with E-state index < -0.39 is 0 Å². The molecule has 6 heteroatoms. The maximum absolute atomic E-state index is 13.0. The lowest BCUT2D eigenvalue weighted by atomic mass is 10.2. The summed E-state index contributed by atoms with van der Waals surface area (Å²) in [5.41, 5.74) is 0.799. The molecule has 0 fully saturated rings. The fourth-order valence-electron chi connectivity index (χ4n) is 1.52. The third-order valence-corrected chi connectivity index (χ3v) is 2.51. The summed E-state index contributed by atoms with van der Waals surface area (Å²) < 4.78 is 14.6. The molecule has 1 aromatic heterocycles. The van der Waals surface area contributed by atoms with Gasteiger partial charge in [0.05, 0.1) is 6.54 Å². The lowest BCUT2D eigenvalue weighted by molar-refractivity contribution is -0.113. The number of benzene rings is 1. The van der Waals surface area contributed by atoms with Gasteiger partial charge in [0.15, 0.2) is 5.82 Å². The molecule has 1 amide bonds. The Kier molecular flexibility index (Phi) is 3.94. The van der Waals surface area contributed by atoms with Crippen LogP contribution in [0.3, 0.4) is 0 Å². The number of nitrogens with zero attached hydrogens (tertiary/aromatic N) is 2. The van der Waals surface area contributed by atoms with Gasteiger partial charge in [0, 0.05) is 12.3 Å². The first-order valence-corrected chi connectivity index (χ1v) is 5.84. The van der Waals surface area contributed by atoms with E-state index in [9.17, 15) is 9.18 Å². The van der Waals surface area contributed by atoms with Gasteiger partial charge in [0.25, 0.3) is 0 Å². The van der Waals surface area contributed by atoms with Crippen molar-refractivity contribution < 1.29 is 9.18 Å². The fourth-order valence-corrected chi connectivity index (χ4v) is 1.58. The molecule has 0 saturated heterocycles. The van der Waals surface area contributed by atoms with E-state index in [2.05, 4.69) is 10.4 Å². The van der Waals surface area contributed by atoms with Gasteiger partial charge in [0.1, 0.15) is 11.7 Å². The first-order valence-electron chi connectivity index (χ1n) is 5.31. The van der Waals surface area contributed by atoms with E-state index >= 15 is 0 Å². The molecule has 1 N–H and O–H groups in total. The number of anilines is 1. The second kappa shape index (κ2) is 5.64. The van der Waals surface area contributed by atoms with E-state index in [-0.39, 0.29) is 17.6 Å². The van der Waals surface area contributed by atoms with E-state index in [1.54, 1.807) is 23.0 Å². The van der Waals surface area contributed by atoms with Crippen LogP contribution in [0.5, 0.6) is 0 Å². The zero-order chi connectivity index (χ0) is 13.0. The standard InChI is InChI=1S/C12H11ClFN3O/c13-7-12(18)15-11-4-5-17(16-11)8-9-2-1-3-10(14)6-9/h1-6H,7-8H2,(H,15,16,18). The number of nitrogens with one attached hydrogen (secondary N) is 1. The van der Waals surface area contributed by atoms with Crippen LogP contribution in [-0.2, 0) is 11.3 Å². The van der Waals surface area contributed by atoms with Crippen molar-refractivity contribution >= 4 is 23.3 Å². The Balaban J connectivity index is 2.04. The molecule has 0 aliphatic carbocycles. The Bertz CT molecular complexity index is 556. The van der Waals surface area contributed by atoms with Crippen LogP contribution in [0, 0.1) is 5.82 Å². The zero-order valence-corrected chi connectivity index (χ0v) is 10.2. The van der Waals surface area contributed by atoms with Crippen molar-refractivity contribution in [3.8, 4) is 0 Å². The molecule has 0 spiro atoms. The number of halogens is 2. The molecule has 0 atom stereocenters. The van der Waals surface area contributed by atoms with E-state index in [1.807, 2.05) is 6.07 Å². The van der Waals surface area contributed by atoms with Gasteiger partial charge in [-0.2, -0.15) is 5.10 Å². The summed E-state index contributed by atoms with van der Waals surface area (Å²) in [6.07, 6.45) is 1.70. The van der Waals surface area contributed by atoms with Gasteiger partial charge >= 0.3 is 0 Å². The van der Waals surface area contributed by atoms with Crippen molar-refractivity contribution in [3.63, 3.8) is 0 Å². The molecule has 1 aromatic carbocycles. The van der Waals surface area contributed by atoms with E-state index in [0.717, 1.165) is 5.56 Å². The third kappa shape index (κ3) is 3.30. The maximum atomic E-state index is 13.0. The average Bonchev–Trinajstić information content (AvgIpc) is 2.76. The number of rotatable bonds is 4. The highest BCUT2D eigenvalue weighted by Gasteiger charge is 2.04. The van der Waals surface area contributed by atoms with Crippen molar-refractivity contribution in [2.24, 2.45) is 0 Å². The van der Waals surface area contributed by atoms with Gasteiger partial charge in [-0.3, -0.25) is 9.48 Å². The minimum atomic E-state index is -0.312. The van der Waals surface area contributed by atoms with Gasteiger partial charge in [-0.05, 0) is 17.7 Å². The summed E-state index contributed by atoms with van der Waals surface area (Å²) in [5, 5.41) is 6.66. The normalized spacial score (nSPS) is 10.3. The highest BCUT2D eigenvalue weighted by atomic mass is 35.5. The number of hydrogen-bond donors (Lipinski definition) is 1. The Morgan fingerprint density at radius 2 is 2.28 bits per heavy atom. The van der Waals surface area contributed by atoms with Crippen molar-refractivity contribution in [2.75, 3.05) is 11.2 Å². The van der Waals surface area contributed by atoms with Crippen molar-refractivity contribution in [2.45, 2.75) is 6.54 Å². The molecule has 0 aliphatic heterocycles. The van der Waals surface area contributed by atoms with Gasteiger partial charge in [-0.1, -0.05) is 12.1 Å². The van der Waals surface area contributed by atoms with Crippen LogP contribution >= 0.6 is 11.6 Å². The molecule has 4 nitrogen and oxygen atoms in total. The predicted octanol–water partition coefficient (Wildman–Crippen LogP) is 2.25. The van der Waals surface area contributed by atoms with Crippen LogP contribution in [0.4, 0.5) is 10.2 Å². The monoisotopic (exact) mass is 267 g/mol. The van der Waals surface area contributed by atoms with E-state index in [0.29, 0.717) is 12.4 Å². The quantitative estimate of drug-likeness (QED) is 0.864. The summed E-state index contributed by atoms with van der Waals surface area (Å²) in [6, 6.07) is 7.94. The number of aromatic nitrogens is 2. The molecule has 2 aromatic rings. The molecule has 1 heterocycles. The van der Waals surface area contributed by atoms with Gasteiger partial charge < -0.3 is 5.32 Å². The molecule has 94 valence electrons. The van der Waals surface area contributed by atoms with Crippen molar-refractivity contribution in [1.82, 2.24) is 9.78 Å². The summed E-state index contributed by atoms with van der Waals surface area (Å²) >= 11 is 5.37. The zero-order valence-electron chi connectivity index (χ0n) is 9.44. The van der Waals surface area contributed by atoms with Crippen LogP contribution in [0.1, 0.15) is 5.56 Å². The third-order valence-electron chi connectivity index (χ3n) is 2.26. The number of carbonyl (C=O) groups excluding carboxylic acids is 1. The molecule has 0 unspecified atom stereocenters. The van der Waals surface area contributed by atoms with Crippen LogP contribution in [-0.4, -0.2) is 21.6 Å². The summed E-state index contributed by atoms with van der Waals surface area (Å²) in [7, 11) is 0. The Morgan fingerprint density at radius 1 is 1.44 bits per heavy atom. The molecule has 0 aliphatic rings. The molecule has 18 heavy (non-hydrogen) atoms. The second-order valence-corrected chi connectivity index (χ2v) is 3.98. The highest BCUT2D eigenvalue weighted by Crippen LogP contribution is 2.08. The molecular formula is C12H11ClFN3O. The van der Waals surface area contributed by atoms with Crippen LogP contribution < -0.4 is 5.32 Å². The summed E-state index contributed by atoms with van der Waals surface area (Å²) in [5.74, 6) is -0.281. The number of amides is 1. The van der Waals surface area contributed by atoms with Gasteiger partial charge in [0.2, 0.25) is 5.91 Å². The smallest absolute Gasteiger partial charge is 0.240 e. The fraction of sp³-hybridized carbons (Fsp3) is 0.167. The van der Waals surface area contributed by atoms with Gasteiger partial charge in [-0.25, -0.2) is 4.39 Å². The van der Waals surface area contributed by atoms with Crippen molar-refractivity contribution in [3.05, 3.63) is 47.9 Å². The number of carbonyl (C=O) groups is 1. The summed E-state index contributed by atoms with van der Waals surface area (Å²) in [6.45, 7) is 0.439. The molecule has 0 saturated carbocycles. The summed E-state index contributed by atoms with van der Waals surface area (Å²) in [4.78, 5) is 11.1. The first-order chi connectivity index (χ1) is 8.67. The predicted molar refractivity (Wildman–Crippen MR) is 67.1 cm³/mol. The molecule has 0 bridgehead atoms. The lowest BCUT2D eigenvalue weighted by Gasteiger charge is -2.02. The second-order valence-electron chi connectivity index (χ2n) is 3.71. The number of hydrogen-bond acceptors (Lipinski definition) is 2. The van der Waals surface area contributed by atoms with Crippen LogP contribution in [0.25, 0.3) is 0 Å². The maximum Gasteiger partial charge on any atom is 0.240 e. The van der Waals surface area contributed by atoms with Crippen LogP contribution in [0.15, 0.2) is 36.5 Å². The molecular weight excluding hydrogens is 257 g/mol. The first kappa shape index (κ1) is 12.6. The Hall–Kier alpha value is -1.88. The van der Waals surface area contributed by atoms with Gasteiger partial charge in [-0.15, -0.1) is 11.6 Å². The van der Waals surface area contributed by atoms with E-state index in [4.69, 9.17) is 11.6 Å². The largest absolute Gasteiger partial charge is 0.308 e. The average molecular weight is 268 g/mol. The Labute approximate surface area is 108 Å².